The molecule has 82 valence electrons. The molecule has 0 saturated carbocycles. The van der Waals surface area contributed by atoms with Crippen LogP contribution in [0, 0.1) is 0 Å². The third-order valence-corrected chi connectivity index (χ3v) is 2.86. The van der Waals surface area contributed by atoms with Gasteiger partial charge in [0.1, 0.15) is 0 Å². The fourth-order valence-electron chi connectivity index (χ4n) is 1.21. The Bertz CT molecular complexity index is 465. The summed E-state index contributed by atoms with van der Waals surface area (Å²) in [5.41, 5.74) is 1.51. The number of methoxy groups -OCH3 is 1. The zero-order chi connectivity index (χ0) is 11.4. The van der Waals surface area contributed by atoms with Crippen molar-refractivity contribution < 1.29 is 9.53 Å². The number of carbonyl (C=O) groups excluding carboxylic acids is 1. The van der Waals surface area contributed by atoms with E-state index in [1.165, 1.54) is 7.11 Å². The van der Waals surface area contributed by atoms with Crippen molar-refractivity contribution in [2.45, 2.75) is 0 Å². The van der Waals surface area contributed by atoms with Gasteiger partial charge in [-0.2, -0.15) is 0 Å². The molecule has 1 amide bonds. The number of amides is 1. The van der Waals surface area contributed by atoms with Crippen LogP contribution in [0.5, 0.6) is 0 Å². The number of hydrogen-bond acceptors (Lipinski definition) is 4. The standard InChI is InChI=1S/C11H10N2O2S/c1-15-11(14)13-8-4-5-9(12-7-8)10-3-2-6-16-10/h2-7H,1H3,(H,13,14). The Morgan fingerprint density at radius 3 is 2.88 bits per heavy atom. The third-order valence-electron chi connectivity index (χ3n) is 1.97. The van der Waals surface area contributed by atoms with Gasteiger partial charge < -0.3 is 4.74 Å². The molecule has 0 aliphatic heterocycles. The van der Waals surface area contributed by atoms with Crippen molar-refractivity contribution in [3.8, 4) is 10.6 Å². The van der Waals surface area contributed by atoms with Gasteiger partial charge in [0, 0.05) is 0 Å². The van der Waals surface area contributed by atoms with Crippen molar-refractivity contribution in [3.63, 3.8) is 0 Å². The number of pyridine rings is 1. The van der Waals surface area contributed by atoms with E-state index in [0.717, 1.165) is 10.6 Å². The zero-order valence-electron chi connectivity index (χ0n) is 8.64. The summed E-state index contributed by atoms with van der Waals surface area (Å²) in [6, 6.07) is 7.62. The summed E-state index contributed by atoms with van der Waals surface area (Å²) in [5, 5.41) is 4.54. The molecule has 0 saturated heterocycles. The third kappa shape index (κ3) is 2.38. The van der Waals surface area contributed by atoms with Crippen molar-refractivity contribution in [3.05, 3.63) is 35.8 Å². The number of nitrogens with one attached hydrogen (secondary N) is 1. The Morgan fingerprint density at radius 2 is 2.31 bits per heavy atom. The average Bonchev–Trinajstić information content (AvgIpc) is 2.83. The number of ether oxygens (including phenoxy) is 1. The van der Waals surface area contributed by atoms with Gasteiger partial charge in [-0.3, -0.25) is 10.3 Å². The molecule has 4 nitrogen and oxygen atoms in total. The van der Waals surface area contributed by atoms with E-state index in [9.17, 15) is 4.79 Å². The van der Waals surface area contributed by atoms with Gasteiger partial charge in [0.25, 0.3) is 0 Å². The van der Waals surface area contributed by atoms with Gasteiger partial charge in [0.2, 0.25) is 0 Å². The first kappa shape index (κ1) is 10.6. The van der Waals surface area contributed by atoms with Gasteiger partial charge in [-0.1, -0.05) is 6.07 Å². The van der Waals surface area contributed by atoms with Gasteiger partial charge in [0.05, 0.1) is 29.6 Å². The second-order valence-electron chi connectivity index (χ2n) is 3.03. The molecule has 2 rings (SSSR count). The van der Waals surface area contributed by atoms with Crippen molar-refractivity contribution in [1.82, 2.24) is 4.98 Å². The van der Waals surface area contributed by atoms with Gasteiger partial charge in [0.15, 0.2) is 0 Å². The van der Waals surface area contributed by atoms with Gasteiger partial charge in [-0.15, -0.1) is 11.3 Å². The molecule has 0 aliphatic carbocycles. The molecule has 0 bridgehead atoms. The molecule has 0 aliphatic rings. The fourth-order valence-corrected chi connectivity index (χ4v) is 1.91. The van der Waals surface area contributed by atoms with E-state index in [4.69, 9.17) is 0 Å². The van der Waals surface area contributed by atoms with Gasteiger partial charge in [-0.25, -0.2) is 4.79 Å². The number of aromatic nitrogens is 1. The molecule has 0 spiro atoms. The number of nitrogens with zero attached hydrogens (tertiary/aromatic N) is 1. The molecule has 5 heteroatoms. The average molecular weight is 234 g/mol. The second-order valence-corrected chi connectivity index (χ2v) is 3.97. The highest BCUT2D eigenvalue weighted by molar-refractivity contribution is 7.13. The van der Waals surface area contributed by atoms with Crippen molar-refractivity contribution in [2.75, 3.05) is 12.4 Å². The number of rotatable bonds is 2. The first-order chi connectivity index (χ1) is 7.79. The summed E-state index contributed by atoms with van der Waals surface area (Å²) < 4.78 is 4.48. The summed E-state index contributed by atoms with van der Waals surface area (Å²) in [4.78, 5) is 16.3. The quantitative estimate of drug-likeness (QED) is 0.869. The first-order valence-corrected chi connectivity index (χ1v) is 5.52. The Labute approximate surface area is 96.9 Å². The van der Waals surface area contributed by atoms with Gasteiger partial charge >= 0.3 is 6.09 Å². The van der Waals surface area contributed by atoms with Crippen LogP contribution in [0.3, 0.4) is 0 Å². The van der Waals surface area contributed by atoms with E-state index in [-0.39, 0.29) is 0 Å². The minimum absolute atomic E-state index is 0.495. The maximum Gasteiger partial charge on any atom is 0.411 e. The Morgan fingerprint density at radius 1 is 1.44 bits per heavy atom. The van der Waals surface area contributed by atoms with Gasteiger partial charge in [-0.05, 0) is 23.6 Å². The Balaban J connectivity index is 2.14. The predicted molar refractivity (Wildman–Crippen MR) is 63.6 cm³/mol. The Kier molecular flexibility index (Phi) is 3.16. The molecule has 0 aromatic carbocycles. The summed E-state index contributed by atoms with van der Waals surface area (Å²) >= 11 is 1.63. The van der Waals surface area contributed by atoms with Crippen LogP contribution in [0.25, 0.3) is 10.6 Å². The lowest BCUT2D eigenvalue weighted by molar-refractivity contribution is 0.187. The van der Waals surface area contributed by atoms with E-state index < -0.39 is 6.09 Å². The van der Waals surface area contributed by atoms with Crippen LogP contribution >= 0.6 is 11.3 Å². The van der Waals surface area contributed by atoms with Crippen LogP contribution in [0.1, 0.15) is 0 Å². The molecule has 2 aromatic rings. The first-order valence-electron chi connectivity index (χ1n) is 4.64. The molecule has 0 atom stereocenters. The van der Waals surface area contributed by atoms with Crippen LogP contribution in [0.4, 0.5) is 10.5 Å². The normalized spacial score (nSPS) is 9.81. The summed E-state index contributed by atoms with van der Waals surface area (Å²) in [7, 11) is 1.32. The van der Waals surface area contributed by atoms with Crippen molar-refractivity contribution in [2.24, 2.45) is 0 Å². The summed E-state index contributed by atoms with van der Waals surface area (Å²) in [5.74, 6) is 0. The molecule has 16 heavy (non-hydrogen) atoms. The SMILES string of the molecule is COC(=O)Nc1ccc(-c2cccs2)nc1. The van der Waals surface area contributed by atoms with E-state index in [1.54, 1.807) is 23.6 Å². The van der Waals surface area contributed by atoms with Crippen LogP contribution in [-0.4, -0.2) is 18.2 Å². The van der Waals surface area contributed by atoms with Crippen molar-refractivity contribution in [1.29, 1.82) is 0 Å². The van der Waals surface area contributed by atoms with E-state index in [1.807, 2.05) is 23.6 Å². The highest BCUT2D eigenvalue weighted by Crippen LogP contribution is 2.23. The molecular weight excluding hydrogens is 224 g/mol. The highest BCUT2D eigenvalue weighted by atomic mass is 32.1. The molecule has 2 aromatic heterocycles. The monoisotopic (exact) mass is 234 g/mol. The van der Waals surface area contributed by atoms with Crippen LogP contribution in [0.15, 0.2) is 35.8 Å². The lowest BCUT2D eigenvalue weighted by Gasteiger charge is -2.03. The minimum atomic E-state index is -0.495. The molecule has 1 N–H and O–H groups in total. The minimum Gasteiger partial charge on any atom is -0.453 e. The highest BCUT2D eigenvalue weighted by Gasteiger charge is 2.02. The number of anilines is 1. The fraction of sp³-hybridized carbons (Fsp3) is 0.0909. The number of hydrogen-bond donors (Lipinski definition) is 1. The number of carbonyl (C=O) groups is 1. The van der Waals surface area contributed by atoms with Crippen LogP contribution in [-0.2, 0) is 4.74 Å². The number of thiophene rings is 1. The Hall–Kier alpha value is -1.88. The second kappa shape index (κ2) is 4.76. The van der Waals surface area contributed by atoms with E-state index >= 15 is 0 Å². The van der Waals surface area contributed by atoms with Crippen molar-refractivity contribution >= 4 is 23.1 Å². The molecule has 0 unspecified atom stereocenters. The molecule has 0 fully saturated rings. The lowest BCUT2D eigenvalue weighted by Crippen LogP contribution is -2.10. The largest absolute Gasteiger partial charge is 0.453 e. The van der Waals surface area contributed by atoms with Crippen LogP contribution < -0.4 is 5.32 Å². The van der Waals surface area contributed by atoms with E-state index in [2.05, 4.69) is 15.0 Å². The van der Waals surface area contributed by atoms with Crippen LogP contribution in [0.2, 0.25) is 0 Å². The summed E-state index contributed by atoms with van der Waals surface area (Å²) in [6.07, 6.45) is 1.11. The smallest absolute Gasteiger partial charge is 0.411 e. The predicted octanol–water partition coefficient (Wildman–Crippen LogP) is 2.99. The van der Waals surface area contributed by atoms with E-state index in [0.29, 0.717) is 5.69 Å². The molecule has 2 heterocycles. The maximum absolute atomic E-state index is 10.9. The topological polar surface area (TPSA) is 51.2 Å². The zero-order valence-corrected chi connectivity index (χ0v) is 9.45. The summed E-state index contributed by atoms with van der Waals surface area (Å²) in [6.45, 7) is 0. The maximum atomic E-state index is 10.9. The lowest BCUT2D eigenvalue weighted by atomic mass is 10.3. The molecule has 0 radical (unpaired) electrons. The molecular formula is C11H10N2O2S.